The average molecular weight is 427 g/mol. The van der Waals surface area contributed by atoms with Gasteiger partial charge in [-0.25, -0.2) is 10.2 Å². The molecule has 2 amide bonds. The molecule has 0 atom stereocenters. The number of rotatable bonds is 11. The van der Waals surface area contributed by atoms with Crippen molar-refractivity contribution < 1.29 is 28.6 Å². The number of carbonyl (C=O) groups is 3. The number of anilines is 1. The van der Waals surface area contributed by atoms with Crippen LogP contribution in [0, 0.1) is 0 Å². The molecule has 0 saturated heterocycles. The summed E-state index contributed by atoms with van der Waals surface area (Å²) < 4.78 is 15.2. The van der Waals surface area contributed by atoms with Crippen LogP contribution in [0.4, 0.5) is 5.69 Å². The van der Waals surface area contributed by atoms with Gasteiger partial charge in [-0.2, -0.15) is 5.10 Å². The molecule has 31 heavy (non-hydrogen) atoms. The van der Waals surface area contributed by atoms with Crippen LogP contribution in [-0.2, 0) is 19.1 Å². The Morgan fingerprint density at radius 1 is 1.00 bits per heavy atom. The van der Waals surface area contributed by atoms with Crippen molar-refractivity contribution in [2.24, 2.45) is 5.10 Å². The lowest BCUT2D eigenvalue weighted by Crippen LogP contribution is -2.20. The van der Waals surface area contributed by atoms with Crippen LogP contribution in [0.3, 0.4) is 0 Å². The molecule has 2 N–H and O–H groups in total. The van der Waals surface area contributed by atoms with Crippen LogP contribution in [0.1, 0.15) is 25.3 Å². The zero-order chi connectivity index (χ0) is 22.5. The second-order valence-electron chi connectivity index (χ2n) is 6.24. The molecule has 0 aliphatic heterocycles. The molecule has 0 fully saturated rings. The van der Waals surface area contributed by atoms with E-state index >= 15 is 0 Å². The normalized spacial score (nSPS) is 10.4. The summed E-state index contributed by atoms with van der Waals surface area (Å²) in [6.07, 6.45) is 1.44. The van der Waals surface area contributed by atoms with Crippen LogP contribution in [0.5, 0.6) is 11.5 Å². The van der Waals surface area contributed by atoms with Crippen LogP contribution in [0.2, 0.25) is 0 Å². The van der Waals surface area contributed by atoms with Gasteiger partial charge < -0.3 is 19.5 Å². The summed E-state index contributed by atoms with van der Waals surface area (Å²) >= 11 is 0. The third-order valence-electron chi connectivity index (χ3n) is 3.88. The van der Waals surface area contributed by atoms with Crippen molar-refractivity contribution in [2.45, 2.75) is 19.8 Å². The predicted octanol–water partition coefficient (Wildman–Crippen LogP) is 2.51. The van der Waals surface area contributed by atoms with Crippen LogP contribution in [0.25, 0.3) is 0 Å². The number of ether oxygens (including phenoxy) is 3. The van der Waals surface area contributed by atoms with Crippen LogP contribution in [0.15, 0.2) is 53.6 Å². The minimum Gasteiger partial charge on any atom is -0.497 e. The summed E-state index contributed by atoms with van der Waals surface area (Å²) in [4.78, 5) is 35.2. The van der Waals surface area contributed by atoms with Gasteiger partial charge in [-0.05, 0) is 48.9 Å². The van der Waals surface area contributed by atoms with E-state index in [-0.39, 0.29) is 32.0 Å². The number of hydrogen-bond acceptors (Lipinski definition) is 7. The van der Waals surface area contributed by atoms with E-state index in [0.717, 1.165) is 0 Å². The smallest absolute Gasteiger partial charge is 0.344 e. The molecule has 0 aromatic heterocycles. The highest BCUT2D eigenvalue weighted by Gasteiger charge is 2.07. The fourth-order valence-electron chi connectivity index (χ4n) is 2.39. The van der Waals surface area contributed by atoms with Crippen molar-refractivity contribution in [3.8, 4) is 11.5 Å². The van der Waals surface area contributed by atoms with E-state index in [1.165, 1.54) is 6.21 Å². The summed E-state index contributed by atoms with van der Waals surface area (Å²) in [6.45, 7) is 1.82. The molecule has 0 aliphatic rings. The highest BCUT2D eigenvalue weighted by Crippen LogP contribution is 2.15. The first-order valence-corrected chi connectivity index (χ1v) is 9.64. The molecular formula is C22H25N3O6. The lowest BCUT2D eigenvalue weighted by Gasteiger charge is -2.06. The topological polar surface area (TPSA) is 115 Å². The number of benzene rings is 2. The number of hydrazone groups is 1. The van der Waals surface area contributed by atoms with Gasteiger partial charge in [-0.15, -0.1) is 0 Å². The van der Waals surface area contributed by atoms with Crippen LogP contribution >= 0.6 is 0 Å². The molecule has 2 aromatic carbocycles. The number of carbonyl (C=O) groups excluding carboxylic acids is 3. The zero-order valence-electron chi connectivity index (χ0n) is 17.4. The predicted molar refractivity (Wildman–Crippen MR) is 115 cm³/mol. The van der Waals surface area contributed by atoms with Crippen molar-refractivity contribution >= 4 is 29.7 Å². The molecular weight excluding hydrogens is 402 g/mol. The van der Waals surface area contributed by atoms with Gasteiger partial charge in [-0.1, -0.05) is 12.1 Å². The van der Waals surface area contributed by atoms with E-state index < -0.39 is 11.9 Å². The Balaban J connectivity index is 1.73. The maximum atomic E-state index is 11.9. The minimum absolute atomic E-state index is 0.0119. The molecule has 9 nitrogen and oxygen atoms in total. The number of methoxy groups -OCH3 is 1. The first kappa shape index (κ1) is 23.4. The lowest BCUT2D eigenvalue weighted by molar-refractivity contribution is -0.145. The molecule has 0 unspecified atom stereocenters. The third-order valence-corrected chi connectivity index (χ3v) is 3.88. The van der Waals surface area contributed by atoms with Gasteiger partial charge >= 0.3 is 5.97 Å². The Labute approximate surface area is 180 Å². The van der Waals surface area contributed by atoms with Gasteiger partial charge in [0.25, 0.3) is 0 Å². The van der Waals surface area contributed by atoms with Gasteiger partial charge in [0.15, 0.2) is 6.61 Å². The van der Waals surface area contributed by atoms with Gasteiger partial charge in [0, 0.05) is 18.5 Å². The van der Waals surface area contributed by atoms with Crippen molar-refractivity contribution in [1.29, 1.82) is 0 Å². The highest BCUT2D eigenvalue weighted by molar-refractivity contribution is 5.93. The summed E-state index contributed by atoms with van der Waals surface area (Å²) in [5, 5.41) is 6.58. The van der Waals surface area contributed by atoms with E-state index in [0.29, 0.717) is 22.7 Å². The molecule has 2 rings (SSSR count). The quantitative estimate of drug-likeness (QED) is 0.323. The molecule has 2 aromatic rings. The number of amides is 2. The number of nitrogens with one attached hydrogen (secondary N) is 2. The van der Waals surface area contributed by atoms with Gasteiger partial charge in [0.1, 0.15) is 11.5 Å². The second-order valence-corrected chi connectivity index (χ2v) is 6.24. The molecule has 0 spiro atoms. The van der Waals surface area contributed by atoms with E-state index in [1.807, 2.05) is 0 Å². The van der Waals surface area contributed by atoms with E-state index in [4.69, 9.17) is 14.2 Å². The number of hydrogen-bond donors (Lipinski definition) is 2. The van der Waals surface area contributed by atoms with E-state index in [1.54, 1.807) is 62.6 Å². The average Bonchev–Trinajstić information content (AvgIpc) is 2.77. The van der Waals surface area contributed by atoms with E-state index in [9.17, 15) is 14.4 Å². The zero-order valence-corrected chi connectivity index (χ0v) is 17.4. The highest BCUT2D eigenvalue weighted by atomic mass is 16.6. The molecule has 0 aliphatic carbocycles. The summed E-state index contributed by atoms with van der Waals surface area (Å²) in [5.41, 5.74) is 3.66. The maximum Gasteiger partial charge on any atom is 0.344 e. The van der Waals surface area contributed by atoms with Gasteiger partial charge in [-0.3, -0.25) is 9.59 Å². The third kappa shape index (κ3) is 8.99. The summed E-state index contributed by atoms with van der Waals surface area (Å²) in [7, 11) is 1.56. The fraction of sp³-hybridized carbons (Fsp3) is 0.273. The molecule has 0 saturated carbocycles. The van der Waals surface area contributed by atoms with E-state index in [2.05, 4.69) is 15.8 Å². The standard InChI is InChI=1S/C22H25N3O6/c1-3-30-22(28)15-31-19-6-4-5-16(13-19)14-23-25-21(27)12-11-20(26)24-17-7-9-18(29-2)10-8-17/h4-10,13-14H,3,11-12,15H2,1-2H3,(H,24,26)(H,25,27). The van der Waals surface area contributed by atoms with Gasteiger partial charge in [0.05, 0.1) is 19.9 Å². The maximum absolute atomic E-state index is 11.9. The van der Waals surface area contributed by atoms with Crippen molar-refractivity contribution in [1.82, 2.24) is 5.43 Å². The number of esters is 1. The molecule has 0 radical (unpaired) electrons. The first-order valence-electron chi connectivity index (χ1n) is 9.64. The second kappa shape index (κ2) is 12.6. The van der Waals surface area contributed by atoms with Crippen molar-refractivity contribution in [3.63, 3.8) is 0 Å². The number of nitrogens with zero attached hydrogens (tertiary/aromatic N) is 1. The van der Waals surface area contributed by atoms with Crippen molar-refractivity contribution in [3.05, 3.63) is 54.1 Å². The Hall–Kier alpha value is -3.88. The Kier molecular flexibility index (Phi) is 9.54. The largest absolute Gasteiger partial charge is 0.497 e. The Bertz CT molecular complexity index is 912. The van der Waals surface area contributed by atoms with Crippen LogP contribution in [-0.4, -0.2) is 44.3 Å². The fourth-order valence-corrected chi connectivity index (χ4v) is 2.39. The lowest BCUT2D eigenvalue weighted by atomic mass is 10.2. The van der Waals surface area contributed by atoms with Crippen LogP contribution < -0.4 is 20.2 Å². The summed E-state index contributed by atoms with van der Waals surface area (Å²) in [5.74, 6) is 0.0290. The summed E-state index contributed by atoms with van der Waals surface area (Å²) in [6, 6.07) is 13.7. The Morgan fingerprint density at radius 2 is 1.74 bits per heavy atom. The molecule has 0 heterocycles. The van der Waals surface area contributed by atoms with Crippen molar-refractivity contribution in [2.75, 3.05) is 25.6 Å². The SMILES string of the molecule is CCOC(=O)COc1cccc(C=NNC(=O)CCC(=O)Nc2ccc(OC)cc2)c1. The minimum atomic E-state index is -0.454. The molecule has 0 bridgehead atoms. The molecule has 9 heteroatoms. The monoisotopic (exact) mass is 427 g/mol. The van der Waals surface area contributed by atoms with Gasteiger partial charge in [0.2, 0.25) is 11.8 Å². The molecule has 164 valence electrons. The first-order chi connectivity index (χ1) is 15.0. The Morgan fingerprint density at radius 3 is 2.45 bits per heavy atom.